The zero-order chi connectivity index (χ0) is 12.4. The van der Waals surface area contributed by atoms with Crippen LogP contribution in [0.3, 0.4) is 0 Å². The Bertz CT molecular complexity index is 451. The molecule has 2 N–H and O–H groups in total. The monoisotopic (exact) mass is 269 g/mol. The summed E-state index contributed by atoms with van der Waals surface area (Å²) in [5, 5.41) is 1.71. The van der Waals surface area contributed by atoms with Crippen LogP contribution in [0.15, 0.2) is 10.2 Å². The van der Waals surface area contributed by atoms with E-state index in [2.05, 4.69) is 9.97 Å². The Labute approximate surface area is 109 Å². The van der Waals surface area contributed by atoms with Gasteiger partial charge in [-0.1, -0.05) is 11.8 Å². The summed E-state index contributed by atoms with van der Waals surface area (Å²) in [4.78, 5) is 20.4. The summed E-state index contributed by atoms with van der Waals surface area (Å²) in [7, 11) is 0. The predicted molar refractivity (Wildman–Crippen MR) is 70.5 cm³/mol. The molecule has 6 heteroatoms. The van der Waals surface area contributed by atoms with Crippen LogP contribution in [0.25, 0.3) is 0 Å². The average molecular weight is 269 g/mol. The van der Waals surface area contributed by atoms with Crippen molar-refractivity contribution >= 4 is 29.4 Å². The van der Waals surface area contributed by atoms with Crippen LogP contribution in [0.5, 0.6) is 0 Å². The highest BCUT2D eigenvalue weighted by molar-refractivity contribution is 7.99. The Morgan fingerprint density at radius 1 is 1.35 bits per heavy atom. The van der Waals surface area contributed by atoms with Crippen molar-refractivity contribution in [2.45, 2.75) is 35.4 Å². The highest BCUT2D eigenvalue weighted by atomic mass is 32.2. The molecule has 1 amide bonds. The summed E-state index contributed by atoms with van der Waals surface area (Å²) >= 11 is 3.11. The molecule has 0 radical (unpaired) electrons. The van der Waals surface area contributed by atoms with Gasteiger partial charge in [-0.2, -0.15) is 0 Å². The Hall–Kier alpha value is -0.750. The molecule has 1 atom stereocenters. The molecule has 1 aromatic heterocycles. The summed E-state index contributed by atoms with van der Waals surface area (Å²) in [5.41, 5.74) is 7.42. The van der Waals surface area contributed by atoms with Gasteiger partial charge in [-0.15, -0.1) is 11.8 Å². The fourth-order valence-corrected chi connectivity index (χ4v) is 3.20. The second-order valence-electron chi connectivity index (χ2n) is 3.93. The fourth-order valence-electron chi connectivity index (χ4n) is 2.14. The molecule has 0 aliphatic heterocycles. The van der Waals surface area contributed by atoms with Gasteiger partial charge in [-0.3, -0.25) is 4.79 Å². The maximum atomic E-state index is 11.5. The molecule has 17 heavy (non-hydrogen) atoms. The standard InChI is InChI=1S/C11H15N3OS2/c1-16-10-7-5-3-4-6(9(12)15)8(7)13-11(14-10)17-2/h6H,3-5H2,1-2H3,(H2,12,15). The number of nitrogens with two attached hydrogens (primary N) is 1. The number of hydrogen-bond acceptors (Lipinski definition) is 5. The lowest BCUT2D eigenvalue weighted by atomic mass is 9.87. The number of hydrogen-bond donors (Lipinski definition) is 1. The second kappa shape index (κ2) is 5.27. The van der Waals surface area contributed by atoms with E-state index >= 15 is 0 Å². The molecule has 0 bridgehead atoms. The molecule has 1 unspecified atom stereocenters. The van der Waals surface area contributed by atoms with Crippen molar-refractivity contribution in [3.05, 3.63) is 11.3 Å². The van der Waals surface area contributed by atoms with Crippen molar-refractivity contribution in [1.82, 2.24) is 9.97 Å². The smallest absolute Gasteiger partial charge is 0.226 e. The van der Waals surface area contributed by atoms with Gasteiger partial charge in [-0.05, 0) is 31.8 Å². The highest BCUT2D eigenvalue weighted by Crippen LogP contribution is 2.35. The van der Waals surface area contributed by atoms with Gasteiger partial charge >= 0.3 is 0 Å². The van der Waals surface area contributed by atoms with Crippen LogP contribution >= 0.6 is 23.5 Å². The summed E-state index contributed by atoms with van der Waals surface area (Å²) in [5.74, 6) is -0.512. The third kappa shape index (κ3) is 2.42. The zero-order valence-electron chi connectivity index (χ0n) is 9.90. The van der Waals surface area contributed by atoms with Crippen molar-refractivity contribution in [3.8, 4) is 0 Å². The lowest BCUT2D eigenvalue weighted by molar-refractivity contribution is -0.119. The lowest BCUT2D eigenvalue weighted by Crippen LogP contribution is -2.27. The van der Waals surface area contributed by atoms with Gasteiger partial charge < -0.3 is 5.73 Å². The Morgan fingerprint density at radius 2 is 2.12 bits per heavy atom. The minimum absolute atomic E-state index is 0.237. The first-order valence-electron chi connectivity index (χ1n) is 5.45. The molecule has 0 aromatic carbocycles. The molecule has 0 saturated carbocycles. The Kier molecular flexibility index (Phi) is 3.93. The third-order valence-electron chi connectivity index (χ3n) is 2.95. The van der Waals surface area contributed by atoms with Gasteiger partial charge in [0.05, 0.1) is 11.6 Å². The van der Waals surface area contributed by atoms with E-state index in [9.17, 15) is 4.79 Å². The SMILES string of the molecule is CSc1nc(SC)c2c(n1)C(C(N)=O)CCC2. The number of rotatable bonds is 3. The first kappa shape index (κ1) is 12.7. The molecule has 0 saturated heterocycles. The van der Waals surface area contributed by atoms with Crippen LogP contribution in [-0.2, 0) is 11.2 Å². The van der Waals surface area contributed by atoms with Gasteiger partial charge in [0.15, 0.2) is 5.16 Å². The summed E-state index contributed by atoms with van der Waals surface area (Å²) in [6.07, 6.45) is 6.68. The maximum absolute atomic E-state index is 11.5. The number of thioether (sulfide) groups is 2. The normalized spacial score (nSPS) is 18.8. The van der Waals surface area contributed by atoms with Gasteiger partial charge in [0.25, 0.3) is 0 Å². The molecule has 2 rings (SSSR count). The minimum Gasteiger partial charge on any atom is -0.369 e. The van der Waals surface area contributed by atoms with E-state index in [1.165, 1.54) is 11.8 Å². The van der Waals surface area contributed by atoms with E-state index in [1.807, 2.05) is 12.5 Å². The van der Waals surface area contributed by atoms with Crippen LogP contribution in [0.4, 0.5) is 0 Å². The van der Waals surface area contributed by atoms with Crippen LogP contribution in [-0.4, -0.2) is 28.4 Å². The second-order valence-corrected chi connectivity index (χ2v) is 5.50. The van der Waals surface area contributed by atoms with Crippen LogP contribution in [0.1, 0.15) is 30.0 Å². The summed E-state index contributed by atoms with van der Waals surface area (Å²) in [6, 6.07) is 0. The molecule has 1 heterocycles. The molecule has 1 aliphatic rings. The Morgan fingerprint density at radius 3 is 2.71 bits per heavy atom. The van der Waals surface area contributed by atoms with E-state index < -0.39 is 0 Å². The first-order chi connectivity index (χ1) is 8.17. The molecular formula is C11H15N3OS2. The van der Waals surface area contributed by atoms with Gasteiger partial charge in [-0.25, -0.2) is 9.97 Å². The summed E-state index contributed by atoms with van der Waals surface area (Å²) < 4.78 is 0. The van der Waals surface area contributed by atoms with E-state index in [1.54, 1.807) is 11.8 Å². The van der Waals surface area contributed by atoms with Crippen molar-refractivity contribution in [2.24, 2.45) is 5.73 Å². The van der Waals surface area contributed by atoms with E-state index in [0.29, 0.717) is 0 Å². The van der Waals surface area contributed by atoms with Crippen LogP contribution in [0, 0.1) is 0 Å². The number of fused-ring (bicyclic) bond motifs is 1. The van der Waals surface area contributed by atoms with E-state index in [4.69, 9.17) is 5.73 Å². The largest absolute Gasteiger partial charge is 0.369 e. The predicted octanol–water partition coefficient (Wildman–Crippen LogP) is 1.83. The quantitative estimate of drug-likeness (QED) is 0.515. The maximum Gasteiger partial charge on any atom is 0.226 e. The third-order valence-corrected chi connectivity index (χ3v) is 4.22. The van der Waals surface area contributed by atoms with Gasteiger partial charge in [0.2, 0.25) is 5.91 Å². The summed E-state index contributed by atoms with van der Waals surface area (Å²) in [6.45, 7) is 0. The van der Waals surface area contributed by atoms with Crippen LogP contribution < -0.4 is 5.73 Å². The van der Waals surface area contributed by atoms with Crippen molar-refractivity contribution < 1.29 is 4.79 Å². The number of carbonyl (C=O) groups is 1. The average Bonchev–Trinajstić information content (AvgIpc) is 2.36. The van der Waals surface area contributed by atoms with E-state index in [-0.39, 0.29) is 11.8 Å². The van der Waals surface area contributed by atoms with Crippen molar-refractivity contribution in [3.63, 3.8) is 0 Å². The molecule has 1 aliphatic carbocycles. The van der Waals surface area contributed by atoms with Crippen molar-refractivity contribution in [2.75, 3.05) is 12.5 Å². The number of aromatic nitrogens is 2. The highest BCUT2D eigenvalue weighted by Gasteiger charge is 2.29. The molecule has 4 nitrogen and oxygen atoms in total. The van der Waals surface area contributed by atoms with Gasteiger partial charge in [0.1, 0.15) is 5.03 Å². The number of nitrogens with zero attached hydrogens (tertiary/aromatic N) is 2. The molecular weight excluding hydrogens is 254 g/mol. The van der Waals surface area contributed by atoms with Crippen molar-refractivity contribution in [1.29, 1.82) is 0 Å². The Balaban J connectivity index is 2.55. The topological polar surface area (TPSA) is 68.9 Å². The van der Waals surface area contributed by atoms with E-state index in [0.717, 1.165) is 40.7 Å². The minimum atomic E-state index is -0.274. The van der Waals surface area contributed by atoms with Crippen LogP contribution in [0.2, 0.25) is 0 Å². The van der Waals surface area contributed by atoms with Gasteiger partial charge in [0, 0.05) is 5.56 Å². The first-order valence-corrected chi connectivity index (χ1v) is 7.90. The molecule has 0 fully saturated rings. The lowest BCUT2D eigenvalue weighted by Gasteiger charge is -2.23. The molecule has 0 spiro atoms. The zero-order valence-corrected chi connectivity index (χ0v) is 11.5. The number of carbonyl (C=O) groups excluding carboxylic acids is 1. The number of amides is 1. The number of primary amides is 1. The molecule has 1 aromatic rings. The fraction of sp³-hybridized carbons (Fsp3) is 0.545. The molecule has 92 valence electrons.